The van der Waals surface area contributed by atoms with Crippen LogP contribution in [0.1, 0.15) is 0 Å². The summed E-state index contributed by atoms with van der Waals surface area (Å²) in [4.78, 5) is 0. The van der Waals surface area contributed by atoms with Crippen LogP contribution in [0, 0.1) is 0 Å². The molecule has 0 spiro atoms. The average Bonchev–Trinajstić information content (AvgIpc) is 1.00. The summed E-state index contributed by atoms with van der Waals surface area (Å²) >= 11 is 0.750. The molecule has 0 rings (SSSR count). The molecular weight excluding hydrogens is 318 g/mol. The molecule has 0 saturated carbocycles. The molecule has 4 heteroatoms. The van der Waals surface area contributed by atoms with E-state index < -0.39 is 0 Å². The van der Waals surface area contributed by atoms with Crippen LogP contribution in [0.5, 0.6) is 0 Å². The van der Waals surface area contributed by atoms with E-state index in [0.29, 0.717) is 0 Å². The molecule has 0 aromatic carbocycles. The fourth-order valence-corrected chi connectivity index (χ4v) is 0. The number of hydrogen-bond donors (Lipinski definition) is 0. The zero-order valence-electron chi connectivity index (χ0n) is 1.56. The summed E-state index contributed by atoms with van der Waals surface area (Å²) < 4.78 is 8.25. The predicted molar refractivity (Wildman–Crippen MR) is 0.686 cm³/mol. The monoisotopic (exact) mass is 318 g/mol. The molecule has 0 fully saturated rings. The molecule has 0 unspecified atom stereocenters. The Morgan fingerprint density at radius 1 is 1.25 bits per heavy atom. The van der Waals surface area contributed by atoms with Crippen LogP contribution >= 0.6 is 0 Å². The first-order valence-corrected chi connectivity index (χ1v) is 0.842. The zero-order chi connectivity index (χ0) is 2.00. The maximum atomic E-state index is 8.25. The Bertz CT molecular complexity index is 8.00. The molecule has 0 aliphatic carbocycles. The van der Waals surface area contributed by atoms with Crippen LogP contribution in [0.15, 0.2) is 0 Å². The Balaban J connectivity index is -0.00000000500. The molecule has 0 atom stereocenters. The minimum atomic E-state index is 0. The second kappa shape index (κ2) is 22.2. The summed E-state index contributed by atoms with van der Waals surface area (Å²) in [6, 6.07) is 0. The molecular formula is CoOPtTi. The summed E-state index contributed by atoms with van der Waals surface area (Å²) in [7, 11) is 0. The quantitative estimate of drug-likeness (QED) is 0.569. The minimum absolute atomic E-state index is 0. The molecule has 0 aromatic heterocycles. The normalized spacial score (nSPS) is 0.750. The largest absolute Gasteiger partial charge is 0 e. The van der Waals surface area contributed by atoms with E-state index in [2.05, 4.69) is 0 Å². The van der Waals surface area contributed by atoms with Crippen molar-refractivity contribution in [3.63, 3.8) is 0 Å². The van der Waals surface area contributed by atoms with Crippen LogP contribution in [0.4, 0.5) is 0 Å². The van der Waals surface area contributed by atoms with Crippen LogP contribution in [-0.2, 0) is 61.6 Å². The van der Waals surface area contributed by atoms with Crippen LogP contribution in [-0.4, -0.2) is 0 Å². The van der Waals surface area contributed by atoms with E-state index in [9.17, 15) is 0 Å². The van der Waals surface area contributed by atoms with Crippen LogP contribution in [0.3, 0.4) is 0 Å². The molecule has 0 N–H and O–H groups in total. The average molecular weight is 318 g/mol. The summed E-state index contributed by atoms with van der Waals surface area (Å²) in [6.07, 6.45) is 0. The van der Waals surface area contributed by atoms with Gasteiger partial charge in [-0.2, -0.15) is 0 Å². The van der Waals surface area contributed by atoms with Gasteiger partial charge in [-0.3, -0.25) is 0 Å². The first-order valence-electron chi connectivity index (χ1n) is 0.204. The van der Waals surface area contributed by atoms with Gasteiger partial charge in [-0.1, -0.05) is 0 Å². The molecule has 0 aliphatic rings. The van der Waals surface area contributed by atoms with Crippen LogP contribution in [0.2, 0.25) is 0 Å². The van der Waals surface area contributed by atoms with Gasteiger partial charge in [-0.25, -0.2) is 0 Å². The van der Waals surface area contributed by atoms with E-state index in [1.165, 1.54) is 0 Å². The van der Waals surface area contributed by atoms with Gasteiger partial charge < -0.3 is 0 Å². The first-order chi connectivity index (χ1) is 1.00. The van der Waals surface area contributed by atoms with Crippen molar-refractivity contribution >= 4 is 0 Å². The van der Waals surface area contributed by atoms with E-state index in [1.54, 1.807) is 0 Å². The molecule has 0 saturated heterocycles. The Hall–Kier alpha value is 1.71. The summed E-state index contributed by atoms with van der Waals surface area (Å²) in [5, 5.41) is 0. The predicted octanol–water partition coefficient (Wildman–Crippen LogP) is -0.126. The molecule has 29 valence electrons. The van der Waals surface area contributed by atoms with Crippen LogP contribution in [0.25, 0.3) is 0 Å². The van der Waals surface area contributed by atoms with Crippen LogP contribution < -0.4 is 0 Å². The van der Waals surface area contributed by atoms with Gasteiger partial charge in [0.15, 0.2) is 0 Å². The van der Waals surface area contributed by atoms with Crippen molar-refractivity contribution in [3.8, 4) is 0 Å². The summed E-state index contributed by atoms with van der Waals surface area (Å²) in [5.41, 5.74) is 0. The van der Waals surface area contributed by atoms with E-state index >= 15 is 0 Å². The maximum Gasteiger partial charge on any atom is 0 e. The third-order valence-electron chi connectivity index (χ3n) is 0. The third-order valence-corrected chi connectivity index (χ3v) is 0. The standard InChI is InChI=1S/Co.O.Pt.Ti. The van der Waals surface area contributed by atoms with Gasteiger partial charge in [0, 0.05) is 37.8 Å². The topological polar surface area (TPSA) is 17.1 Å². The number of hydrogen-bond acceptors (Lipinski definition) is 1. The van der Waals surface area contributed by atoms with Gasteiger partial charge in [0.1, 0.15) is 0 Å². The molecule has 0 aliphatic heterocycles. The van der Waals surface area contributed by atoms with Crippen molar-refractivity contribution in [2.45, 2.75) is 0 Å². The summed E-state index contributed by atoms with van der Waals surface area (Å²) in [6.45, 7) is 0. The zero-order valence-corrected chi connectivity index (χ0v) is 6.43. The van der Waals surface area contributed by atoms with E-state index in [4.69, 9.17) is 3.32 Å². The van der Waals surface area contributed by atoms with Crippen molar-refractivity contribution in [1.82, 2.24) is 0 Å². The molecule has 0 aromatic rings. The SMILES string of the molecule is [Co].[O]=[Ti].[Pt]. The molecule has 0 heterocycles. The number of rotatable bonds is 0. The van der Waals surface area contributed by atoms with Crippen molar-refractivity contribution in [1.29, 1.82) is 0 Å². The fourth-order valence-electron chi connectivity index (χ4n) is 0. The fraction of sp³-hybridized carbons (Fsp3) is 0. The Kier molecular flexibility index (Phi) is 95.6. The van der Waals surface area contributed by atoms with E-state index in [-0.39, 0.29) is 37.8 Å². The van der Waals surface area contributed by atoms with Gasteiger partial charge >= 0.3 is 23.7 Å². The molecule has 1 radical (unpaired) electrons. The Labute approximate surface area is 61.1 Å². The molecule has 0 amide bonds. The van der Waals surface area contributed by atoms with Crippen molar-refractivity contribution < 1.29 is 61.6 Å². The maximum absolute atomic E-state index is 8.25. The second-order valence-electron chi connectivity index (χ2n) is 0. The van der Waals surface area contributed by atoms with E-state index in [0.717, 1.165) is 20.4 Å². The van der Waals surface area contributed by atoms with Crippen molar-refractivity contribution in [2.75, 3.05) is 0 Å². The van der Waals surface area contributed by atoms with E-state index in [1.807, 2.05) is 0 Å². The smallest absolute Gasteiger partial charge is 0 e. The molecule has 4 heavy (non-hydrogen) atoms. The summed E-state index contributed by atoms with van der Waals surface area (Å²) in [5.74, 6) is 0. The minimum Gasteiger partial charge on any atom is 0 e. The van der Waals surface area contributed by atoms with Gasteiger partial charge in [-0.05, 0) is 0 Å². The van der Waals surface area contributed by atoms with Gasteiger partial charge in [0.2, 0.25) is 0 Å². The second-order valence-corrected chi connectivity index (χ2v) is 0. The van der Waals surface area contributed by atoms with Gasteiger partial charge in [0.05, 0.1) is 0 Å². The van der Waals surface area contributed by atoms with Gasteiger partial charge in [-0.15, -0.1) is 0 Å². The molecule has 0 bridgehead atoms. The van der Waals surface area contributed by atoms with Crippen molar-refractivity contribution in [3.05, 3.63) is 0 Å². The Morgan fingerprint density at radius 2 is 1.25 bits per heavy atom. The molecule has 1 nitrogen and oxygen atoms in total. The van der Waals surface area contributed by atoms with Crippen molar-refractivity contribution in [2.24, 2.45) is 0 Å². The first kappa shape index (κ1) is 17.3. The Morgan fingerprint density at radius 3 is 1.25 bits per heavy atom. The van der Waals surface area contributed by atoms with Gasteiger partial charge in [0.25, 0.3) is 0 Å². The third kappa shape index (κ3) is 9.32.